The third kappa shape index (κ3) is 38.3. The Morgan fingerprint density at radius 1 is 0.459 bits per heavy atom. The summed E-state index contributed by atoms with van der Waals surface area (Å²) in [5, 5.41) is 0. The molecule has 1 rings (SSSR count). The number of ether oxygens (including phenoxy) is 2. The number of carbonyl (C=O) groups is 2. The molecule has 1 aromatic heterocycles. The van der Waals surface area contributed by atoms with Crippen LogP contribution in [0.2, 0.25) is 0 Å². The van der Waals surface area contributed by atoms with Gasteiger partial charge in [0.1, 0.15) is 0 Å². The van der Waals surface area contributed by atoms with Crippen LogP contribution in [0.5, 0.6) is 0 Å². The summed E-state index contributed by atoms with van der Waals surface area (Å²) >= 11 is 0. The highest BCUT2D eigenvalue weighted by Gasteiger charge is 2.14. The Hall–Kier alpha value is -1.89. The maximum absolute atomic E-state index is 12.6. The SMILES string of the molecule is CCCCCCCCC(CCCCCC)COC(=O)CCCCCCCN(CCCCCCCC(=O)OC[C@@H](CCCCCC)CCCCCCCC)CCCn1ccnc1. The molecule has 0 bridgehead atoms. The van der Waals surface area contributed by atoms with Crippen molar-refractivity contribution in [1.29, 1.82) is 0 Å². The van der Waals surface area contributed by atoms with E-state index in [0.29, 0.717) is 37.9 Å². The van der Waals surface area contributed by atoms with E-state index in [-0.39, 0.29) is 11.9 Å². The lowest BCUT2D eigenvalue weighted by atomic mass is 9.95. The Labute approximate surface area is 379 Å². The highest BCUT2D eigenvalue weighted by molar-refractivity contribution is 5.69. The van der Waals surface area contributed by atoms with Crippen LogP contribution in [0, 0.1) is 11.8 Å². The lowest BCUT2D eigenvalue weighted by Gasteiger charge is -2.22. The summed E-state index contributed by atoms with van der Waals surface area (Å²) in [6.07, 6.45) is 50.6. The van der Waals surface area contributed by atoms with Crippen molar-refractivity contribution in [2.75, 3.05) is 32.8 Å². The third-order valence-electron chi connectivity index (χ3n) is 13.0. The van der Waals surface area contributed by atoms with Gasteiger partial charge in [0, 0.05) is 31.8 Å². The van der Waals surface area contributed by atoms with Gasteiger partial charge < -0.3 is 18.9 Å². The van der Waals surface area contributed by atoms with Crippen molar-refractivity contribution in [3.63, 3.8) is 0 Å². The van der Waals surface area contributed by atoms with Gasteiger partial charge in [-0.05, 0) is 89.3 Å². The van der Waals surface area contributed by atoms with Gasteiger partial charge in [0.2, 0.25) is 0 Å². The molecule has 2 atom stereocenters. The lowest BCUT2D eigenvalue weighted by Crippen LogP contribution is -2.28. The standard InChI is InChI=1S/C54H103N3O4/c1-5-9-13-17-21-29-38-51(36-27-15-11-7-3)48-60-53(58)40-31-23-19-25-33-43-56(45-35-46-57-47-42-55-50-57)44-34-26-20-24-32-41-54(59)61-49-52(37-28-16-12-8-4)39-30-22-18-14-10-6-2/h42,47,50-52H,5-41,43-46,48-49H2,1-4H3/t51-,52?/m0/s1. The number of imidazole rings is 1. The van der Waals surface area contributed by atoms with Crippen LogP contribution in [0.15, 0.2) is 18.7 Å². The molecule has 0 saturated heterocycles. The van der Waals surface area contributed by atoms with Crippen molar-refractivity contribution < 1.29 is 19.1 Å². The topological polar surface area (TPSA) is 73.7 Å². The van der Waals surface area contributed by atoms with Gasteiger partial charge in [-0.1, -0.05) is 195 Å². The van der Waals surface area contributed by atoms with Gasteiger partial charge in [-0.2, -0.15) is 0 Å². The molecule has 0 spiro atoms. The highest BCUT2D eigenvalue weighted by atomic mass is 16.5. The van der Waals surface area contributed by atoms with Crippen LogP contribution in [0.25, 0.3) is 0 Å². The van der Waals surface area contributed by atoms with Gasteiger partial charge in [-0.3, -0.25) is 9.59 Å². The average Bonchev–Trinajstić information content (AvgIpc) is 3.79. The van der Waals surface area contributed by atoms with Crippen molar-refractivity contribution in [2.45, 2.75) is 272 Å². The molecule has 1 aromatic rings. The second kappa shape index (κ2) is 44.7. The molecule has 0 aliphatic heterocycles. The maximum atomic E-state index is 12.6. The molecular formula is C54H103N3O4. The zero-order valence-corrected chi connectivity index (χ0v) is 41.3. The molecule has 0 radical (unpaired) electrons. The van der Waals surface area contributed by atoms with E-state index < -0.39 is 0 Å². The van der Waals surface area contributed by atoms with E-state index in [9.17, 15) is 9.59 Å². The molecular weight excluding hydrogens is 755 g/mol. The zero-order chi connectivity index (χ0) is 44.1. The molecule has 0 aliphatic rings. The summed E-state index contributed by atoms with van der Waals surface area (Å²) in [4.78, 5) is 32.2. The third-order valence-corrected chi connectivity index (χ3v) is 13.0. The van der Waals surface area contributed by atoms with Crippen LogP contribution in [0.3, 0.4) is 0 Å². The van der Waals surface area contributed by atoms with Crippen molar-refractivity contribution in [2.24, 2.45) is 11.8 Å². The monoisotopic (exact) mass is 858 g/mol. The van der Waals surface area contributed by atoms with Gasteiger partial charge >= 0.3 is 11.9 Å². The van der Waals surface area contributed by atoms with E-state index in [1.165, 1.54) is 193 Å². The van der Waals surface area contributed by atoms with E-state index in [0.717, 1.165) is 58.3 Å². The van der Waals surface area contributed by atoms with E-state index in [1.54, 1.807) is 0 Å². The molecule has 1 unspecified atom stereocenters. The second-order valence-electron chi connectivity index (χ2n) is 18.9. The van der Waals surface area contributed by atoms with Crippen LogP contribution in [0.1, 0.15) is 265 Å². The van der Waals surface area contributed by atoms with Crippen molar-refractivity contribution in [1.82, 2.24) is 14.5 Å². The molecule has 0 saturated carbocycles. The van der Waals surface area contributed by atoms with E-state index in [2.05, 4.69) is 48.3 Å². The minimum absolute atomic E-state index is 0.0150. The normalized spacial score (nSPS) is 12.6. The van der Waals surface area contributed by atoms with Gasteiger partial charge in [0.15, 0.2) is 0 Å². The predicted molar refractivity (Wildman–Crippen MR) is 261 cm³/mol. The Morgan fingerprint density at radius 3 is 1.20 bits per heavy atom. The number of esters is 2. The number of aryl methyl sites for hydroxylation is 1. The average molecular weight is 858 g/mol. The summed E-state index contributed by atoms with van der Waals surface area (Å²) in [5.41, 5.74) is 0. The predicted octanol–water partition coefficient (Wildman–Crippen LogP) is 16.0. The molecule has 358 valence electrons. The first kappa shape index (κ1) is 57.1. The van der Waals surface area contributed by atoms with Crippen LogP contribution in [-0.2, 0) is 25.6 Å². The number of hydrogen-bond acceptors (Lipinski definition) is 6. The molecule has 7 nitrogen and oxygen atoms in total. The number of unbranched alkanes of at least 4 members (excludes halogenated alkanes) is 24. The first-order chi connectivity index (χ1) is 30.0. The van der Waals surface area contributed by atoms with Crippen molar-refractivity contribution in [3.05, 3.63) is 18.7 Å². The molecule has 0 aliphatic carbocycles. The Balaban J connectivity index is 2.30. The number of nitrogens with zero attached hydrogens (tertiary/aromatic N) is 3. The van der Waals surface area contributed by atoms with Gasteiger partial charge in [-0.15, -0.1) is 0 Å². The van der Waals surface area contributed by atoms with Crippen LogP contribution < -0.4 is 0 Å². The molecule has 0 aromatic carbocycles. The van der Waals surface area contributed by atoms with Gasteiger partial charge in [-0.25, -0.2) is 4.98 Å². The summed E-state index contributed by atoms with van der Waals surface area (Å²) in [7, 11) is 0. The Kier molecular flexibility index (Phi) is 41.9. The largest absolute Gasteiger partial charge is 0.465 e. The van der Waals surface area contributed by atoms with Crippen molar-refractivity contribution in [3.8, 4) is 0 Å². The quantitative estimate of drug-likeness (QED) is 0.0480. The van der Waals surface area contributed by atoms with Crippen LogP contribution in [0.4, 0.5) is 0 Å². The zero-order valence-electron chi connectivity index (χ0n) is 41.3. The molecule has 0 N–H and O–H groups in total. The molecule has 61 heavy (non-hydrogen) atoms. The minimum atomic E-state index is 0.0150. The summed E-state index contributed by atoms with van der Waals surface area (Å²) < 4.78 is 13.9. The van der Waals surface area contributed by atoms with Crippen LogP contribution >= 0.6 is 0 Å². The maximum Gasteiger partial charge on any atom is 0.305 e. The number of carbonyl (C=O) groups excluding carboxylic acids is 2. The van der Waals surface area contributed by atoms with Crippen molar-refractivity contribution >= 4 is 11.9 Å². The fourth-order valence-corrected chi connectivity index (χ4v) is 8.84. The Bertz CT molecular complexity index is 987. The number of rotatable bonds is 48. The number of aromatic nitrogens is 2. The minimum Gasteiger partial charge on any atom is -0.465 e. The van der Waals surface area contributed by atoms with E-state index in [4.69, 9.17) is 9.47 Å². The fraction of sp³-hybridized carbons (Fsp3) is 0.907. The fourth-order valence-electron chi connectivity index (χ4n) is 8.84. The summed E-state index contributed by atoms with van der Waals surface area (Å²) in [6.45, 7) is 14.8. The first-order valence-corrected chi connectivity index (χ1v) is 27.0. The summed E-state index contributed by atoms with van der Waals surface area (Å²) in [5.74, 6) is 1.11. The number of hydrogen-bond donors (Lipinski definition) is 0. The van der Waals surface area contributed by atoms with Crippen LogP contribution in [-0.4, -0.2) is 59.2 Å². The highest BCUT2D eigenvalue weighted by Crippen LogP contribution is 2.22. The molecule has 1 heterocycles. The first-order valence-electron chi connectivity index (χ1n) is 27.0. The van der Waals surface area contributed by atoms with E-state index in [1.807, 2.05) is 12.5 Å². The lowest BCUT2D eigenvalue weighted by molar-refractivity contribution is -0.146. The smallest absolute Gasteiger partial charge is 0.305 e. The van der Waals surface area contributed by atoms with Gasteiger partial charge in [0.05, 0.1) is 19.5 Å². The molecule has 0 fully saturated rings. The summed E-state index contributed by atoms with van der Waals surface area (Å²) in [6, 6.07) is 0. The second-order valence-corrected chi connectivity index (χ2v) is 18.9. The Morgan fingerprint density at radius 2 is 0.803 bits per heavy atom. The molecule has 0 amide bonds. The van der Waals surface area contributed by atoms with E-state index >= 15 is 0 Å². The van der Waals surface area contributed by atoms with Gasteiger partial charge in [0.25, 0.3) is 0 Å². The molecule has 7 heteroatoms.